The van der Waals surface area contributed by atoms with Crippen LogP contribution in [0.5, 0.6) is 0 Å². The third kappa shape index (κ3) is 2.32. The number of carbonyl (C=O) groups is 1. The van der Waals surface area contributed by atoms with Crippen molar-refractivity contribution in [1.82, 2.24) is 10.2 Å². The van der Waals surface area contributed by atoms with Crippen molar-refractivity contribution in [3.8, 4) is 0 Å². The fourth-order valence-electron chi connectivity index (χ4n) is 2.76. The molecule has 1 aliphatic heterocycles. The summed E-state index contributed by atoms with van der Waals surface area (Å²) in [6.07, 6.45) is 5.90. The summed E-state index contributed by atoms with van der Waals surface area (Å²) in [5.74, 6) is 0.00176. The minimum absolute atomic E-state index is 0.00176. The van der Waals surface area contributed by atoms with Crippen LogP contribution in [0.15, 0.2) is 0 Å². The Hall–Kier alpha value is -0.610. The fraction of sp³-hybridized carbons (Fsp3) is 0.909. The first-order chi connectivity index (χ1) is 7.33. The first-order valence-corrected chi connectivity index (χ1v) is 5.97. The van der Waals surface area contributed by atoms with E-state index in [9.17, 15) is 9.90 Å². The van der Waals surface area contributed by atoms with Crippen molar-refractivity contribution < 1.29 is 9.90 Å². The molecule has 1 amide bonds. The molecule has 1 heterocycles. The van der Waals surface area contributed by atoms with Crippen LogP contribution in [0.2, 0.25) is 0 Å². The second-order valence-corrected chi connectivity index (χ2v) is 4.52. The lowest BCUT2D eigenvalue weighted by atomic mass is 10.1. The summed E-state index contributed by atoms with van der Waals surface area (Å²) in [7, 11) is 0. The minimum atomic E-state index is -0.310. The standard InChI is InChI=1S/C11H20N2O2/c14-8-10-11(15)12-6-3-7-13(10)9-4-1-2-5-9/h9-10,14H,1-8H2,(H,12,15). The van der Waals surface area contributed by atoms with Crippen LogP contribution < -0.4 is 5.32 Å². The molecule has 0 aromatic rings. The van der Waals surface area contributed by atoms with E-state index < -0.39 is 0 Å². The molecular formula is C11H20N2O2. The normalized spacial score (nSPS) is 30.2. The molecule has 2 N–H and O–H groups in total. The van der Waals surface area contributed by atoms with Gasteiger partial charge in [-0.05, 0) is 19.3 Å². The molecule has 2 fully saturated rings. The number of carbonyl (C=O) groups excluding carboxylic acids is 1. The zero-order valence-electron chi connectivity index (χ0n) is 9.11. The van der Waals surface area contributed by atoms with E-state index in [4.69, 9.17) is 0 Å². The van der Waals surface area contributed by atoms with Gasteiger partial charge in [0, 0.05) is 19.1 Å². The van der Waals surface area contributed by atoms with Gasteiger partial charge in [-0.1, -0.05) is 12.8 Å². The maximum absolute atomic E-state index is 11.7. The Labute approximate surface area is 90.6 Å². The largest absolute Gasteiger partial charge is 0.394 e. The number of nitrogens with one attached hydrogen (secondary N) is 1. The third-order valence-electron chi connectivity index (χ3n) is 3.56. The number of hydrogen-bond acceptors (Lipinski definition) is 3. The number of aliphatic hydroxyl groups excluding tert-OH is 1. The van der Waals surface area contributed by atoms with Crippen molar-refractivity contribution >= 4 is 5.91 Å². The Morgan fingerprint density at radius 1 is 1.33 bits per heavy atom. The van der Waals surface area contributed by atoms with E-state index in [0.717, 1.165) is 19.5 Å². The third-order valence-corrected chi connectivity index (χ3v) is 3.56. The average Bonchev–Trinajstić information content (AvgIpc) is 2.69. The van der Waals surface area contributed by atoms with Gasteiger partial charge in [-0.25, -0.2) is 0 Å². The highest BCUT2D eigenvalue weighted by Gasteiger charge is 2.33. The van der Waals surface area contributed by atoms with Crippen LogP contribution in [-0.2, 0) is 4.79 Å². The summed E-state index contributed by atoms with van der Waals surface area (Å²) in [5, 5.41) is 12.2. The van der Waals surface area contributed by atoms with Crippen LogP contribution in [0.25, 0.3) is 0 Å². The van der Waals surface area contributed by atoms with Crippen LogP contribution in [0, 0.1) is 0 Å². The smallest absolute Gasteiger partial charge is 0.239 e. The average molecular weight is 212 g/mol. The van der Waals surface area contributed by atoms with E-state index in [1.54, 1.807) is 0 Å². The Balaban J connectivity index is 2.07. The molecule has 4 heteroatoms. The predicted octanol–water partition coefficient (Wildman–Crippen LogP) is 0.112. The van der Waals surface area contributed by atoms with Gasteiger partial charge in [-0.15, -0.1) is 0 Å². The van der Waals surface area contributed by atoms with Crippen LogP contribution in [-0.4, -0.2) is 47.7 Å². The zero-order valence-corrected chi connectivity index (χ0v) is 9.11. The monoisotopic (exact) mass is 212 g/mol. The molecule has 1 saturated carbocycles. The summed E-state index contributed by atoms with van der Waals surface area (Å²) < 4.78 is 0. The molecule has 1 saturated heterocycles. The second-order valence-electron chi connectivity index (χ2n) is 4.52. The summed E-state index contributed by atoms with van der Waals surface area (Å²) >= 11 is 0. The highest BCUT2D eigenvalue weighted by atomic mass is 16.3. The van der Waals surface area contributed by atoms with Crippen molar-refractivity contribution in [3.05, 3.63) is 0 Å². The number of aliphatic hydroxyl groups is 1. The van der Waals surface area contributed by atoms with E-state index in [2.05, 4.69) is 10.2 Å². The minimum Gasteiger partial charge on any atom is -0.394 e. The molecule has 0 spiro atoms. The van der Waals surface area contributed by atoms with Crippen molar-refractivity contribution in [3.63, 3.8) is 0 Å². The Morgan fingerprint density at radius 3 is 2.73 bits per heavy atom. The first-order valence-electron chi connectivity index (χ1n) is 5.97. The molecule has 1 aliphatic carbocycles. The summed E-state index contributed by atoms with van der Waals surface area (Å²) in [5.41, 5.74) is 0. The van der Waals surface area contributed by atoms with Gasteiger partial charge in [0.1, 0.15) is 6.04 Å². The van der Waals surface area contributed by atoms with Crippen LogP contribution in [0.1, 0.15) is 32.1 Å². The van der Waals surface area contributed by atoms with E-state index in [-0.39, 0.29) is 18.6 Å². The van der Waals surface area contributed by atoms with Gasteiger partial charge in [-0.3, -0.25) is 9.69 Å². The highest BCUT2D eigenvalue weighted by Crippen LogP contribution is 2.25. The van der Waals surface area contributed by atoms with Gasteiger partial charge in [0.05, 0.1) is 6.61 Å². The Morgan fingerprint density at radius 2 is 2.07 bits per heavy atom. The molecule has 1 atom stereocenters. The molecule has 0 bridgehead atoms. The zero-order chi connectivity index (χ0) is 10.7. The summed E-state index contributed by atoms with van der Waals surface area (Å²) in [6, 6.07) is 0.210. The van der Waals surface area contributed by atoms with Gasteiger partial charge in [0.25, 0.3) is 0 Å². The van der Waals surface area contributed by atoms with Gasteiger partial charge < -0.3 is 10.4 Å². The van der Waals surface area contributed by atoms with Gasteiger partial charge in [0.2, 0.25) is 5.91 Å². The number of rotatable bonds is 2. The SMILES string of the molecule is O=C1NCCCN(C2CCCC2)C1CO. The van der Waals surface area contributed by atoms with Crippen molar-refractivity contribution in [2.45, 2.75) is 44.2 Å². The molecule has 0 radical (unpaired) electrons. The number of amides is 1. The fourth-order valence-corrected chi connectivity index (χ4v) is 2.76. The highest BCUT2D eigenvalue weighted by molar-refractivity contribution is 5.82. The van der Waals surface area contributed by atoms with E-state index >= 15 is 0 Å². The Kier molecular flexibility index (Phi) is 3.59. The van der Waals surface area contributed by atoms with Crippen LogP contribution >= 0.6 is 0 Å². The number of nitrogens with zero attached hydrogens (tertiary/aromatic N) is 1. The Bertz CT molecular complexity index is 227. The molecule has 4 nitrogen and oxygen atoms in total. The molecule has 86 valence electrons. The van der Waals surface area contributed by atoms with Gasteiger partial charge >= 0.3 is 0 Å². The van der Waals surface area contributed by atoms with E-state index in [1.807, 2.05) is 0 Å². The van der Waals surface area contributed by atoms with E-state index in [0.29, 0.717) is 6.04 Å². The lowest BCUT2D eigenvalue weighted by Gasteiger charge is -2.32. The van der Waals surface area contributed by atoms with Crippen LogP contribution in [0.3, 0.4) is 0 Å². The van der Waals surface area contributed by atoms with Crippen molar-refractivity contribution in [2.75, 3.05) is 19.7 Å². The maximum atomic E-state index is 11.7. The predicted molar refractivity (Wildman–Crippen MR) is 57.5 cm³/mol. The summed E-state index contributed by atoms with van der Waals surface area (Å²) in [4.78, 5) is 13.9. The van der Waals surface area contributed by atoms with Crippen LogP contribution in [0.4, 0.5) is 0 Å². The van der Waals surface area contributed by atoms with Crippen molar-refractivity contribution in [2.24, 2.45) is 0 Å². The van der Waals surface area contributed by atoms with E-state index in [1.165, 1.54) is 25.7 Å². The molecule has 0 aromatic carbocycles. The molecule has 2 aliphatic rings. The molecule has 15 heavy (non-hydrogen) atoms. The maximum Gasteiger partial charge on any atom is 0.239 e. The molecular weight excluding hydrogens is 192 g/mol. The first kappa shape index (κ1) is 10.9. The lowest BCUT2D eigenvalue weighted by Crippen LogP contribution is -2.50. The quantitative estimate of drug-likeness (QED) is 0.683. The molecule has 1 unspecified atom stereocenters. The van der Waals surface area contributed by atoms with Gasteiger partial charge in [0.15, 0.2) is 0 Å². The second kappa shape index (κ2) is 4.94. The van der Waals surface area contributed by atoms with Crippen molar-refractivity contribution in [1.29, 1.82) is 0 Å². The molecule has 2 rings (SSSR count). The van der Waals surface area contributed by atoms with Gasteiger partial charge in [-0.2, -0.15) is 0 Å². The topological polar surface area (TPSA) is 52.6 Å². The molecule has 0 aromatic heterocycles. The summed E-state index contributed by atoms with van der Waals surface area (Å²) in [6.45, 7) is 1.63. The lowest BCUT2D eigenvalue weighted by molar-refractivity contribution is -0.127. The number of hydrogen-bond donors (Lipinski definition) is 2.